The molecule has 2 heterocycles. The van der Waals surface area contributed by atoms with Crippen LogP contribution in [0.1, 0.15) is 43.2 Å². The zero-order valence-electron chi connectivity index (χ0n) is 17.3. The Morgan fingerprint density at radius 1 is 1.10 bits per heavy atom. The van der Waals surface area contributed by atoms with Crippen molar-refractivity contribution in [1.82, 2.24) is 25.1 Å². The predicted molar refractivity (Wildman–Crippen MR) is 110 cm³/mol. The summed E-state index contributed by atoms with van der Waals surface area (Å²) in [6, 6.07) is 6.07. The van der Waals surface area contributed by atoms with Gasteiger partial charge in [-0.1, -0.05) is 20.8 Å². The minimum absolute atomic E-state index is 0.0381. The second kappa shape index (κ2) is 8.99. The molecular weight excluding hydrogens is 406 g/mol. The molecule has 10 heteroatoms. The van der Waals surface area contributed by atoms with E-state index in [1.165, 1.54) is 4.68 Å². The number of nitrogens with one attached hydrogen (secondary N) is 2. The fourth-order valence-electron chi connectivity index (χ4n) is 2.65. The zero-order chi connectivity index (χ0) is 22.6. The molecule has 0 spiro atoms. The number of carbonyl (C=O) groups is 2. The quantitative estimate of drug-likeness (QED) is 0.629. The molecule has 162 valence electrons. The monoisotopic (exact) mass is 428 g/mol. The highest BCUT2D eigenvalue weighted by molar-refractivity contribution is 5.95. The molecule has 8 nitrogen and oxygen atoms in total. The lowest BCUT2D eigenvalue weighted by atomic mass is 9.92. The largest absolute Gasteiger partial charge is 0.351 e. The van der Waals surface area contributed by atoms with Crippen LogP contribution in [0, 0.1) is 11.6 Å². The van der Waals surface area contributed by atoms with E-state index in [9.17, 15) is 18.4 Å². The molecule has 31 heavy (non-hydrogen) atoms. The van der Waals surface area contributed by atoms with Crippen LogP contribution in [0.4, 0.5) is 14.6 Å². The van der Waals surface area contributed by atoms with Crippen LogP contribution in [-0.2, 0) is 10.2 Å². The lowest BCUT2D eigenvalue weighted by molar-refractivity contribution is -0.116. The number of aromatic nitrogens is 4. The van der Waals surface area contributed by atoms with E-state index in [-0.39, 0.29) is 23.9 Å². The van der Waals surface area contributed by atoms with Gasteiger partial charge in [0.15, 0.2) is 0 Å². The molecule has 0 bridgehead atoms. The predicted octanol–water partition coefficient (Wildman–Crippen LogP) is 3.00. The molecule has 2 aromatic heterocycles. The molecule has 0 unspecified atom stereocenters. The summed E-state index contributed by atoms with van der Waals surface area (Å²) in [5, 5.41) is 9.69. The van der Waals surface area contributed by atoms with E-state index in [1.807, 2.05) is 20.8 Å². The number of halogens is 2. The lowest BCUT2D eigenvalue weighted by Crippen LogP contribution is -2.28. The van der Waals surface area contributed by atoms with Gasteiger partial charge in [-0.2, -0.15) is 9.78 Å². The highest BCUT2D eigenvalue weighted by Crippen LogP contribution is 2.25. The van der Waals surface area contributed by atoms with E-state index in [0.29, 0.717) is 17.8 Å². The van der Waals surface area contributed by atoms with Gasteiger partial charge in [0.05, 0.1) is 11.3 Å². The lowest BCUT2D eigenvalue weighted by Gasteiger charge is -2.13. The standard InChI is InChI=1S/C21H22F2N6O2/c1-21(2,3)16-12-17(29(28-16)20-25-8-4-9-26-20)27-18(30)7-10-24-19(31)14-6-5-13(22)11-15(14)23/h4-6,8-9,11-12H,7,10H2,1-3H3,(H,24,31)(H,27,30). The van der Waals surface area contributed by atoms with E-state index in [0.717, 1.165) is 17.8 Å². The van der Waals surface area contributed by atoms with Crippen molar-refractivity contribution < 1.29 is 18.4 Å². The average Bonchev–Trinajstić information content (AvgIpc) is 3.12. The molecule has 0 aliphatic heterocycles. The summed E-state index contributed by atoms with van der Waals surface area (Å²) in [6.07, 6.45) is 3.06. The van der Waals surface area contributed by atoms with Crippen molar-refractivity contribution in [3.8, 4) is 5.95 Å². The van der Waals surface area contributed by atoms with Gasteiger partial charge in [-0.3, -0.25) is 9.59 Å². The maximum atomic E-state index is 13.7. The van der Waals surface area contributed by atoms with E-state index >= 15 is 0 Å². The molecule has 2 N–H and O–H groups in total. The number of hydrogen-bond acceptors (Lipinski definition) is 5. The number of rotatable bonds is 6. The van der Waals surface area contributed by atoms with Crippen LogP contribution < -0.4 is 10.6 Å². The molecule has 0 atom stereocenters. The summed E-state index contributed by atoms with van der Waals surface area (Å²) >= 11 is 0. The van der Waals surface area contributed by atoms with E-state index in [4.69, 9.17) is 0 Å². The minimum Gasteiger partial charge on any atom is -0.351 e. The Kier molecular flexibility index (Phi) is 6.38. The SMILES string of the molecule is CC(C)(C)c1cc(NC(=O)CCNC(=O)c2ccc(F)cc2F)n(-c2ncccn2)n1. The highest BCUT2D eigenvalue weighted by Gasteiger charge is 2.22. The number of benzene rings is 1. The normalized spacial score (nSPS) is 11.3. The van der Waals surface area contributed by atoms with Crippen LogP contribution in [0.25, 0.3) is 5.95 Å². The van der Waals surface area contributed by atoms with Crippen molar-refractivity contribution in [1.29, 1.82) is 0 Å². The topological polar surface area (TPSA) is 102 Å². The van der Waals surface area contributed by atoms with Gasteiger partial charge in [-0.05, 0) is 18.2 Å². The smallest absolute Gasteiger partial charge is 0.254 e. The van der Waals surface area contributed by atoms with Crippen molar-refractivity contribution in [2.75, 3.05) is 11.9 Å². The Morgan fingerprint density at radius 2 is 1.81 bits per heavy atom. The second-order valence-electron chi connectivity index (χ2n) is 7.80. The first-order valence-corrected chi connectivity index (χ1v) is 9.56. The van der Waals surface area contributed by atoms with Crippen LogP contribution in [-0.4, -0.2) is 38.1 Å². The molecule has 3 rings (SSSR count). The third-order valence-electron chi connectivity index (χ3n) is 4.30. The number of anilines is 1. The molecule has 0 saturated heterocycles. The Bertz CT molecular complexity index is 1090. The van der Waals surface area contributed by atoms with Crippen LogP contribution in [0.15, 0.2) is 42.7 Å². The third kappa shape index (κ3) is 5.47. The molecule has 0 radical (unpaired) electrons. The van der Waals surface area contributed by atoms with Gasteiger partial charge < -0.3 is 10.6 Å². The molecule has 0 aliphatic rings. The molecule has 1 aromatic carbocycles. The fourth-order valence-corrected chi connectivity index (χ4v) is 2.65. The molecule has 0 saturated carbocycles. The van der Waals surface area contributed by atoms with Gasteiger partial charge in [0.2, 0.25) is 5.91 Å². The van der Waals surface area contributed by atoms with Crippen molar-refractivity contribution in [2.45, 2.75) is 32.6 Å². The minimum atomic E-state index is -0.969. The first-order valence-electron chi connectivity index (χ1n) is 9.56. The first-order chi connectivity index (χ1) is 14.6. The summed E-state index contributed by atoms with van der Waals surface area (Å²) in [5.41, 5.74) is 0.165. The van der Waals surface area contributed by atoms with Crippen LogP contribution in [0.3, 0.4) is 0 Å². The Labute approximate surface area is 177 Å². The summed E-state index contributed by atoms with van der Waals surface area (Å²) in [5.74, 6) is -2.18. The molecule has 0 fully saturated rings. The zero-order valence-corrected chi connectivity index (χ0v) is 17.3. The van der Waals surface area contributed by atoms with Gasteiger partial charge in [0, 0.05) is 42.9 Å². The summed E-state index contributed by atoms with van der Waals surface area (Å²) in [6.45, 7) is 5.92. The first kappa shape index (κ1) is 22.0. The molecule has 0 aliphatic carbocycles. The molecular formula is C21H22F2N6O2. The number of nitrogens with zero attached hydrogens (tertiary/aromatic N) is 4. The van der Waals surface area contributed by atoms with E-state index in [2.05, 4.69) is 25.7 Å². The maximum Gasteiger partial charge on any atom is 0.254 e. The van der Waals surface area contributed by atoms with E-state index in [1.54, 1.807) is 24.5 Å². The van der Waals surface area contributed by atoms with Gasteiger partial charge >= 0.3 is 0 Å². The van der Waals surface area contributed by atoms with Gasteiger partial charge in [-0.25, -0.2) is 18.7 Å². The Balaban J connectivity index is 1.66. The van der Waals surface area contributed by atoms with Crippen molar-refractivity contribution in [3.63, 3.8) is 0 Å². The second-order valence-corrected chi connectivity index (χ2v) is 7.80. The van der Waals surface area contributed by atoms with Crippen LogP contribution in [0.5, 0.6) is 0 Å². The third-order valence-corrected chi connectivity index (χ3v) is 4.30. The highest BCUT2D eigenvalue weighted by atomic mass is 19.1. The fraction of sp³-hybridized carbons (Fsp3) is 0.286. The van der Waals surface area contributed by atoms with Crippen molar-refractivity contribution >= 4 is 17.6 Å². The van der Waals surface area contributed by atoms with Crippen molar-refractivity contribution in [3.05, 3.63) is 65.6 Å². The van der Waals surface area contributed by atoms with Gasteiger partial charge in [0.1, 0.15) is 17.5 Å². The molecule has 3 aromatic rings. The molecule has 2 amide bonds. The summed E-state index contributed by atoms with van der Waals surface area (Å²) in [4.78, 5) is 32.8. The Hall–Kier alpha value is -3.69. The number of hydrogen-bond donors (Lipinski definition) is 2. The number of carbonyl (C=O) groups excluding carboxylic acids is 2. The van der Waals surface area contributed by atoms with Gasteiger partial charge in [0.25, 0.3) is 11.9 Å². The van der Waals surface area contributed by atoms with Crippen LogP contribution >= 0.6 is 0 Å². The number of amides is 2. The maximum absolute atomic E-state index is 13.7. The summed E-state index contributed by atoms with van der Waals surface area (Å²) < 4.78 is 28.1. The van der Waals surface area contributed by atoms with Gasteiger partial charge in [-0.15, -0.1) is 0 Å². The summed E-state index contributed by atoms with van der Waals surface area (Å²) in [7, 11) is 0. The van der Waals surface area contributed by atoms with Crippen molar-refractivity contribution in [2.24, 2.45) is 0 Å². The Morgan fingerprint density at radius 3 is 2.45 bits per heavy atom. The van der Waals surface area contributed by atoms with Crippen LogP contribution in [0.2, 0.25) is 0 Å². The average molecular weight is 428 g/mol. The van der Waals surface area contributed by atoms with E-state index < -0.39 is 23.4 Å².